The van der Waals surface area contributed by atoms with Gasteiger partial charge >= 0.3 is 0 Å². The van der Waals surface area contributed by atoms with E-state index < -0.39 is 11.7 Å². The summed E-state index contributed by atoms with van der Waals surface area (Å²) in [5.41, 5.74) is 5.80. The topological polar surface area (TPSA) is 64.3 Å². The molecule has 0 heterocycles. The molecule has 21 heavy (non-hydrogen) atoms. The van der Waals surface area contributed by atoms with Gasteiger partial charge in [0.2, 0.25) is 0 Å². The van der Waals surface area contributed by atoms with Crippen LogP contribution in [0.3, 0.4) is 0 Å². The van der Waals surface area contributed by atoms with Crippen molar-refractivity contribution >= 4 is 5.91 Å². The standard InChI is InChI=1S/C16H19FN2O2/c1-2-21-13-9-12(10-13)19-16(20)14-6-5-11(4-3-7-18)8-15(14)17/h5-6,8,12-13H,2,7,9-10,18H2,1H3,(H,19,20). The lowest BCUT2D eigenvalue weighted by molar-refractivity contribution is -0.00865. The van der Waals surface area contributed by atoms with E-state index in [9.17, 15) is 9.18 Å². The summed E-state index contributed by atoms with van der Waals surface area (Å²) in [6, 6.07) is 4.38. The molecule has 0 saturated heterocycles. The molecule has 1 fully saturated rings. The number of carbonyl (C=O) groups excluding carboxylic acids is 1. The number of amides is 1. The Labute approximate surface area is 123 Å². The summed E-state index contributed by atoms with van der Waals surface area (Å²) in [7, 11) is 0. The normalized spacial score (nSPS) is 20.1. The van der Waals surface area contributed by atoms with E-state index >= 15 is 0 Å². The van der Waals surface area contributed by atoms with Crippen LogP contribution in [-0.2, 0) is 4.74 Å². The molecule has 0 aromatic heterocycles. The van der Waals surface area contributed by atoms with E-state index in [4.69, 9.17) is 10.5 Å². The molecule has 1 saturated carbocycles. The fourth-order valence-corrected chi connectivity index (χ4v) is 2.25. The molecule has 0 spiro atoms. The lowest BCUT2D eigenvalue weighted by Crippen LogP contribution is -2.48. The summed E-state index contributed by atoms with van der Waals surface area (Å²) in [5.74, 6) is 4.41. The summed E-state index contributed by atoms with van der Waals surface area (Å²) in [6.45, 7) is 2.83. The summed E-state index contributed by atoms with van der Waals surface area (Å²) in [6.07, 6.45) is 1.77. The Kier molecular flexibility index (Phi) is 5.32. The van der Waals surface area contributed by atoms with Crippen LogP contribution in [0.4, 0.5) is 4.39 Å². The van der Waals surface area contributed by atoms with Crippen molar-refractivity contribution in [3.63, 3.8) is 0 Å². The first kappa shape index (κ1) is 15.5. The van der Waals surface area contributed by atoms with E-state index in [0.717, 1.165) is 12.8 Å². The third-order valence-electron chi connectivity index (χ3n) is 3.38. The molecule has 5 heteroatoms. The van der Waals surface area contributed by atoms with Gasteiger partial charge in [-0.2, -0.15) is 0 Å². The smallest absolute Gasteiger partial charge is 0.254 e. The van der Waals surface area contributed by atoms with Gasteiger partial charge in [0.25, 0.3) is 5.91 Å². The molecule has 1 amide bonds. The van der Waals surface area contributed by atoms with Crippen molar-refractivity contribution in [1.29, 1.82) is 0 Å². The summed E-state index contributed by atoms with van der Waals surface area (Å²) >= 11 is 0. The predicted molar refractivity (Wildman–Crippen MR) is 78.2 cm³/mol. The van der Waals surface area contributed by atoms with Gasteiger partial charge < -0.3 is 15.8 Å². The Morgan fingerprint density at radius 3 is 2.90 bits per heavy atom. The van der Waals surface area contributed by atoms with Crippen LogP contribution in [-0.4, -0.2) is 31.2 Å². The second-order valence-electron chi connectivity index (χ2n) is 4.92. The number of hydrogen-bond acceptors (Lipinski definition) is 3. The minimum Gasteiger partial charge on any atom is -0.378 e. The van der Waals surface area contributed by atoms with Gasteiger partial charge in [-0.05, 0) is 38.0 Å². The lowest BCUT2D eigenvalue weighted by Gasteiger charge is -2.35. The van der Waals surface area contributed by atoms with E-state index in [1.807, 2.05) is 6.92 Å². The SMILES string of the molecule is CCOC1CC(NC(=O)c2ccc(C#CCN)cc2F)C1. The number of benzene rings is 1. The van der Waals surface area contributed by atoms with Crippen molar-refractivity contribution in [1.82, 2.24) is 5.32 Å². The van der Waals surface area contributed by atoms with Gasteiger partial charge in [-0.1, -0.05) is 11.8 Å². The van der Waals surface area contributed by atoms with Gasteiger partial charge in [0.05, 0.1) is 18.2 Å². The Morgan fingerprint density at radius 2 is 2.29 bits per heavy atom. The van der Waals surface area contributed by atoms with Crippen molar-refractivity contribution in [2.24, 2.45) is 5.73 Å². The van der Waals surface area contributed by atoms with Crippen molar-refractivity contribution in [2.45, 2.75) is 31.9 Å². The van der Waals surface area contributed by atoms with Crippen LogP contribution in [0, 0.1) is 17.7 Å². The molecule has 1 aliphatic rings. The van der Waals surface area contributed by atoms with E-state index in [2.05, 4.69) is 17.2 Å². The molecule has 0 atom stereocenters. The van der Waals surface area contributed by atoms with Gasteiger partial charge in [-0.3, -0.25) is 4.79 Å². The first-order valence-electron chi connectivity index (χ1n) is 7.05. The highest BCUT2D eigenvalue weighted by Crippen LogP contribution is 2.23. The highest BCUT2D eigenvalue weighted by Gasteiger charge is 2.31. The van der Waals surface area contributed by atoms with Crippen LogP contribution in [0.15, 0.2) is 18.2 Å². The molecule has 4 nitrogen and oxygen atoms in total. The number of nitrogens with one attached hydrogen (secondary N) is 1. The Balaban J connectivity index is 1.94. The summed E-state index contributed by atoms with van der Waals surface area (Å²) in [5, 5.41) is 2.81. The second kappa shape index (κ2) is 7.21. The minimum absolute atomic E-state index is 0.0353. The largest absolute Gasteiger partial charge is 0.378 e. The first-order chi connectivity index (χ1) is 10.1. The third-order valence-corrected chi connectivity index (χ3v) is 3.38. The maximum Gasteiger partial charge on any atom is 0.254 e. The van der Waals surface area contributed by atoms with E-state index in [-0.39, 0.29) is 24.3 Å². The first-order valence-corrected chi connectivity index (χ1v) is 7.05. The Bertz CT molecular complexity index is 571. The number of ether oxygens (including phenoxy) is 1. The quantitative estimate of drug-likeness (QED) is 0.825. The highest BCUT2D eigenvalue weighted by molar-refractivity contribution is 5.94. The number of carbonyl (C=O) groups is 1. The van der Waals surface area contributed by atoms with E-state index in [0.29, 0.717) is 12.2 Å². The molecule has 2 rings (SSSR count). The van der Waals surface area contributed by atoms with Gasteiger partial charge in [-0.15, -0.1) is 0 Å². The van der Waals surface area contributed by atoms with Crippen LogP contribution < -0.4 is 11.1 Å². The zero-order valence-corrected chi connectivity index (χ0v) is 12.0. The molecule has 0 unspecified atom stereocenters. The zero-order valence-electron chi connectivity index (χ0n) is 12.0. The van der Waals surface area contributed by atoms with E-state index in [1.54, 1.807) is 6.07 Å². The molecule has 3 N–H and O–H groups in total. The highest BCUT2D eigenvalue weighted by atomic mass is 19.1. The van der Waals surface area contributed by atoms with Crippen molar-refractivity contribution in [2.75, 3.05) is 13.2 Å². The number of halogens is 1. The van der Waals surface area contributed by atoms with Crippen LogP contribution in [0.5, 0.6) is 0 Å². The van der Waals surface area contributed by atoms with Crippen LogP contribution in [0.25, 0.3) is 0 Å². The van der Waals surface area contributed by atoms with Crippen molar-refractivity contribution in [3.05, 3.63) is 35.1 Å². The molecule has 112 valence electrons. The molecular formula is C16H19FN2O2. The second-order valence-corrected chi connectivity index (χ2v) is 4.92. The Morgan fingerprint density at radius 1 is 1.52 bits per heavy atom. The summed E-state index contributed by atoms with van der Waals surface area (Å²) < 4.78 is 19.3. The minimum atomic E-state index is -0.572. The van der Waals surface area contributed by atoms with Crippen LogP contribution in [0.2, 0.25) is 0 Å². The maximum atomic E-state index is 13.9. The fraction of sp³-hybridized carbons (Fsp3) is 0.438. The Hall–Kier alpha value is -1.90. The zero-order chi connectivity index (χ0) is 15.2. The predicted octanol–water partition coefficient (Wildman–Crippen LogP) is 1.43. The fourth-order valence-electron chi connectivity index (χ4n) is 2.25. The molecule has 0 bridgehead atoms. The van der Waals surface area contributed by atoms with Crippen LogP contribution >= 0.6 is 0 Å². The molecule has 1 aliphatic carbocycles. The molecule has 1 aromatic rings. The third kappa shape index (κ3) is 4.03. The van der Waals surface area contributed by atoms with Gasteiger partial charge in [0.1, 0.15) is 5.82 Å². The van der Waals surface area contributed by atoms with Gasteiger partial charge in [0, 0.05) is 18.2 Å². The lowest BCUT2D eigenvalue weighted by atomic mass is 9.89. The molecular weight excluding hydrogens is 271 g/mol. The maximum absolute atomic E-state index is 13.9. The summed E-state index contributed by atoms with van der Waals surface area (Å²) in [4.78, 5) is 12.0. The average Bonchev–Trinajstić information content (AvgIpc) is 2.42. The number of rotatable bonds is 4. The van der Waals surface area contributed by atoms with E-state index in [1.165, 1.54) is 12.1 Å². The average molecular weight is 290 g/mol. The monoisotopic (exact) mass is 290 g/mol. The van der Waals surface area contributed by atoms with Crippen LogP contribution in [0.1, 0.15) is 35.7 Å². The molecule has 0 aliphatic heterocycles. The molecule has 1 aromatic carbocycles. The van der Waals surface area contributed by atoms with Gasteiger partial charge in [-0.25, -0.2) is 4.39 Å². The number of hydrogen-bond donors (Lipinski definition) is 2. The van der Waals surface area contributed by atoms with Crippen molar-refractivity contribution in [3.8, 4) is 11.8 Å². The molecule has 0 radical (unpaired) electrons. The van der Waals surface area contributed by atoms with Gasteiger partial charge in [0.15, 0.2) is 0 Å². The number of nitrogens with two attached hydrogens (primary N) is 1. The van der Waals surface area contributed by atoms with Crippen molar-refractivity contribution < 1.29 is 13.9 Å².